The fourth-order valence-electron chi connectivity index (χ4n) is 10.7. The van der Waals surface area contributed by atoms with Gasteiger partial charge in [-0.3, -0.25) is 0 Å². The van der Waals surface area contributed by atoms with Crippen LogP contribution in [0, 0.1) is 32.1 Å². The third-order valence-corrected chi connectivity index (χ3v) is 14.8. The topological polar surface area (TPSA) is 22.9 Å². The molecule has 9 aromatic rings. The smallest absolute Gasteiger partial charge is 0.252 e. The Morgan fingerprint density at radius 3 is 1.80 bits per heavy atom. The van der Waals surface area contributed by atoms with Gasteiger partial charge in [-0.2, -0.15) is 0 Å². The zero-order valence-electron chi connectivity index (χ0n) is 50.9. The van der Waals surface area contributed by atoms with Gasteiger partial charge in [0.25, 0.3) is 6.71 Å². The Balaban J connectivity index is 0.000000306. The lowest BCUT2D eigenvalue weighted by molar-refractivity contribution is 0.516. The first-order valence-corrected chi connectivity index (χ1v) is 29.0. The van der Waals surface area contributed by atoms with Crippen LogP contribution in [0.15, 0.2) is 252 Å². The number of hydrogen-bond donors (Lipinski definition) is 0. The number of anilines is 5. The van der Waals surface area contributed by atoms with Crippen molar-refractivity contribution in [2.75, 3.05) is 35.3 Å². The minimum atomic E-state index is 0.0284. The Hall–Kier alpha value is -8.72. The largest absolute Gasteiger partial charge is 0.456 e. The van der Waals surface area contributed by atoms with E-state index in [1.54, 1.807) is 0 Å². The molecule has 12 rings (SSSR count). The van der Waals surface area contributed by atoms with Gasteiger partial charge in [0.05, 0.1) is 0 Å². The second kappa shape index (κ2) is 28.1. The normalized spacial score (nSPS) is 13.1. The van der Waals surface area contributed by atoms with Gasteiger partial charge in [-0.15, -0.1) is 12.8 Å². The summed E-state index contributed by atoms with van der Waals surface area (Å²) >= 11 is 0. The van der Waals surface area contributed by atoms with Gasteiger partial charge in [-0.1, -0.05) is 237 Å². The van der Waals surface area contributed by atoms with E-state index in [4.69, 9.17) is 4.42 Å². The molecular formula is C77H84BN3O. The average Bonchev–Trinajstić information content (AvgIpc) is 2.79. The number of benzene rings is 8. The standard InChI is InChI=1S/C52H51BN2O.C8H11N.C7H8.C6H6.C2H6.C2H2/c1-9-37(51(3,4)5)17-15-29-54-44-27-25-38(52(6,7)8)33-43(44)53-42-20-11-12-21-45(42)55(47-31-34(2)30-46(54)50(47)53)39-18-14-16-35(23-26-39)36-24-28-49-41(32-36)40-19-10-13-22-48(40)56-49;1-9(2)8-6-4-3-5-7-8;1-7-5-3-2-4-6-7;1-2-4-6-5-3-1;2*1-2/h9-17,19-28,30-33H,18,29H2,1-8H3;3-7H,1-2H3;2-6H,1H3;1-6H;1-2H3;1-2H/b17-15-,37-9+;;;;;. The van der Waals surface area contributed by atoms with Gasteiger partial charge >= 0.3 is 0 Å². The molecule has 1 aliphatic carbocycles. The summed E-state index contributed by atoms with van der Waals surface area (Å²) in [4.78, 5) is 7.20. The highest BCUT2D eigenvalue weighted by Crippen LogP contribution is 2.42. The maximum Gasteiger partial charge on any atom is 0.252 e. The summed E-state index contributed by atoms with van der Waals surface area (Å²) in [6.45, 7) is 25.2. The molecule has 5 heteroatoms. The van der Waals surface area contributed by atoms with Crippen LogP contribution in [0.3, 0.4) is 0 Å². The second-order valence-corrected chi connectivity index (χ2v) is 22.8. The molecule has 0 radical (unpaired) electrons. The van der Waals surface area contributed by atoms with Crippen molar-refractivity contribution in [3.8, 4) is 12.8 Å². The van der Waals surface area contributed by atoms with Gasteiger partial charge < -0.3 is 19.1 Å². The van der Waals surface area contributed by atoms with Crippen LogP contribution < -0.4 is 31.1 Å². The number of furan rings is 1. The minimum Gasteiger partial charge on any atom is -0.456 e. The summed E-state index contributed by atoms with van der Waals surface area (Å²) in [6, 6.07) is 68.6. The number of rotatable bonds is 6. The van der Waals surface area contributed by atoms with Crippen LogP contribution in [0.5, 0.6) is 0 Å². The van der Waals surface area contributed by atoms with E-state index in [0.717, 1.165) is 34.9 Å². The highest BCUT2D eigenvalue weighted by Gasteiger charge is 2.43. The lowest BCUT2D eigenvalue weighted by Gasteiger charge is -2.45. The van der Waals surface area contributed by atoms with Gasteiger partial charge in [0.15, 0.2) is 0 Å². The number of para-hydroxylation sites is 3. The van der Waals surface area contributed by atoms with Crippen molar-refractivity contribution in [3.63, 3.8) is 0 Å². The van der Waals surface area contributed by atoms with Crippen molar-refractivity contribution >= 4 is 79.0 Å². The zero-order chi connectivity index (χ0) is 59.0. The van der Waals surface area contributed by atoms with E-state index in [-0.39, 0.29) is 17.5 Å². The molecule has 4 nitrogen and oxygen atoms in total. The van der Waals surface area contributed by atoms with Crippen LogP contribution in [0.25, 0.3) is 27.5 Å². The molecule has 3 heterocycles. The molecule has 0 unspecified atom stereocenters. The third kappa shape index (κ3) is 14.4. The fourth-order valence-corrected chi connectivity index (χ4v) is 10.7. The minimum absolute atomic E-state index is 0.0284. The predicted octanol–water partition coefficient (Wildman–Crippen LogP) is 18.8. The summed E-state index contributed by atoms with van der Waals surface area (Å²) in [6.07, 6.45) is 25.0. The van der Waals surface area contributed by atoms with Gasteiger partial charge in [0, 0.05) is 72.0 Å². The highest BCUT2D eigenvalue weighted by molar-refractivity contribution is 7.00. The Morgan fingerprint density at radius 2 is 1.20 bits per heavy atom. The molecule has 0 spiro atoms. The number of allylic oxidation sites excluding steroid dienone is 8. The van der Waals surface area contributed by atoms with Gasteiger partial charge in [-0.25, -0.2) is 0 Å². The number of hydrogen-bond acceptors (Lipinski definition) is 4. The Labute approximate surface area is 492 Å². The average molecular weight is 1080 g/mol. The van der Waals surface area contributed by atoms with Crippen molar-refractivity contribution < 1.29 is 4.42 Å². The van der Waals surface area contributed by atoms with Crippen LogP contribution in [0.1, 0.15) is 91.0 Å². The Bertz CT molecular complexity index is 3680. The Kier molecular flexibility index (Phi) is 20.9. The molecule has 416 valence electrons. The molecule has 0 saturated heterocycles. The molecule has 0 bridgehead atoms. The Morgan fingerprint density at radius 1 is 0.598 bits per heavy atom. The summed E-state index contributed by atoms with van der Waals surface area (Å²) in [5, 5.41) is 2.30. The molecular weight excluding hydrogens is 994 g/mol. The van der Waals surface area contributed by atoms with Gasteiger partial charge in [0.2, 0.25) is 0 Å². The van der Waals surface area contributed by atoms with E-state index < -0.39 is 0 Å². The maximum absolute atomic E-state index is 6.16. The first-order chi connectivity index (χ1) is 39.6. The first kappa shape index (κ1) is 60.9. The van der Waals surface area contributed by atoms with E-state index in [0.29, 0.717) is 0 Å². The molecule has 1 aromatic heterocycles. The zero-order valence-corrected chi connectivity index (χ0v) is 50.9. The summed E-state index contributed by atoms with van der Waals surface area (Å²) in [5.74, 6) is 0. The number of fused-ring (bicyclic) bond motifs is 7. The van der Waals surface area contributed by atoms with Crippen LogP contribution >= 0.6 is 0 Å². The fraction of sp³-hybridized carbons (Fsp3) is 0.221. The quantitative estimate of drug-likeness (QED) is 0.0940. The van der Waals surface area contributed by atoms with Crippen LogP contribution in [-0.2, 0) is 5.41 Å². The number of aryl methyl sites for hydroxylation is 2. The molecule has 3 aliphatic rings. The summed E-state index contributed by atoms with van der Waals surface area (Å²) in [7, 11) is 4.07. The van der Waals surface area contributed by atoms with Gasteiger partial charge in [0.1, 0.15) is 11.2 Å². The van der Waals surface area contributed by atoms with E-state index in [9.17, 15) is 0 Å². The van der Waals surface area contributed by atoms with Crippen LogP contribution in [0.2, 0.25) is 0 Å². The summed E-state index contributed by atoms with van der Waals surface area (Å²) < 4.78 is 6.16. The SMILES string of the molecule is C#C.C/C=C(\C=C/CN1c2ccc(C(C)(C)C)cc2B2c3ccccc3N(C3=CC=C(c4ccc5oc6ccccc6c5c4)C=CC3)c3cc(C)cc1c32)C(C)(C)C.CC.CN(C)c1ccccc1.Cc1ccccc1.c1ccccc1. The molecule has 0 saturated carbocycles. The van der Waals surface area contributed by atoms with Crippen molar-refractivity contribution in [1.29, 1.82) is 0 Å². The first-order valence-electron chi connectivity index (χ1n) is 29.0. The third-order valence-electron chi connectivity index (χ3n) is 14.8. The van der Waals surface area contributed by atoms with Crippen molar-refractivity contribution in [2.24, 2.45) is 5.41 Å². The second-order valence-electron chi connectivity index (χ2n) is 22.8. The van der Waals surface area contributed by atoms with Gasteiger partial charge in [-0.05, 0) is 136 Å². The van der Waals surface area contributed by atoms with Crippen molar-refractivity contribution in [2.45, 2.75) is 88.0 Å². The molecule has 2 aliphatic heterocycles. The van der Waals surface area contributed by atoms with E-state index >= 15 is 0 Å². The lowest BCUT2D eigenvalue weighted by Crippen LogP contribution is -2.62. The van der Waals surface area contributed by atoms with E-state index in [2.05, 4.69) is 242 Å². The van der Waals surface area contributed by atoms with E-state index in [1.165, 1.54) is 83.9 Å². The monoisotopic (exact) mass is 1080 g/mol. The highest BCUT2D eigenvalue weighted by atomic mass is 16.3. The number of nitrogens with zero attached hydrogens (tertiary/aromatic N) is 3. The summed E-state index contributed by atoms with van der Waals surface area (Å²) in [5.41, 5.74) is 21.4. The van der Waals surface area contributed by atoms with Crippen molar-refractivity contribution in [1.82, 2.24) is 0 Å². The molecule has 8 aromatic carbocycles. The maximum atomic E-state index is 6.16. The lowest BCUT2D eigenvalue weighted by atomic mass is 9.33. The van der Waals surface area contributed by atoms with Crippen molar-refractivity contribution in [3.05, 3.63) is 270 Å². The predicted molar refractivity (Wildman–Crippen MR) is 362 cm³/mol. The molecule has 0 atom stereocenters. The molecule has 82 heavy (non-hydrogen) atoms. The van der Waals surface area contributed by atoms with Crippen LogP contribution in [0.4, 0.5) is 28.4 Å². The number of terminal acetylenes is 1. The van der Waals surface area contributed by atoms with Crippen LogP contribution in [-0.4, -0.2) is 27.4 Å². The molecule has 0 fully saturated rings. The van der Waals surface area contributed by atoms with E-state index in [1.807, 2.05) is 113 Å². The molecule has 0 amide bonds. The molecule has 0 N–H and O–H groups in total.